The van der Waals surface area contributed by atoms with Gasteiger partial charge in [-0.15, -0.1) is 0 Å². The van der Waals surface area contributed by atoms with E-state index in [1.54, 1.807) is 18.4 Å². The molecule has 0 saturated carbocycles. The highest BCUT2D eigenvalue weighted by Gasteiger charge is 1.99. The number of nitrogens with zero attached hydrogens (tertiary/aromatic N) is 1. The van der Waals surface area contributed by atoms with Crippen LogP contribution in [-0.4, -0.2) is 14.2 Å². The summed E-state index contributed by atoms with van der Waals surface area (Å²) in [7, 11) is -2.31. The third-order valence-corrected chi connectivity index (χ3v) is 1.49. The summed E-state index contributed by atoms with van der Waals surface area (Å²) in [4.78, 5) is 0. The predicted octanol–water partition coefficient (Wildman–Crippen LogP) is -0.387. The third-order valence-electron chi connectivity index (χ3n) is 0.906. The van der Waals surface area contributed by atoms with Crippen molar-refractivity contribution in [2.24, 2.45) is 0 Å². The van der Waals surface area contributed by atoms with Crippen LogP contribution in [0.25, 0.3) is 0 Å². The number of hydrogen-bond acceptors (Lipinski definition) is 2. The first-order valence-electron chi connectivity index (χ1n) is 2.47. The summed E-state index contributed by atoms with van der Waals surface area (Å²) < 4.78 is 20.1. The zero-order valence-corrected chi connectivity index (χ0v) is 5.54. The number of hydrogen-bond donors (Lipinski definition) is 1. The normalized spacial score (nSPS) is 15.9. The van der Waals surface area contributed by atoms with E-state index in [2.05, 4.69) is 5.32 Å². The Morgan fingerprint density at radius 2 is 2.33 bits per heavy atom. The molecular weight excluding hydrogens is 138 g/mol. The van der Waals surface area contributed by atoms with Crippen molar-refractivity contribution in [1.29, 1.82) is 0 Å². The molecular formula is C5H6NO2S. The van der Waals surface area contributed by atoms with Crippen LogP contribution in [0.15, 0.2) is 24.0 Å². The number of thiol groups is 1. The number of rotatable bonds is 2. The molecule has 1 rings (SSSR count). The van der Waals surface area contributed by atoms with Gasteiger partial charge in [0.25, 0.3) is 0 Å². The van der Waals surface area contributed by atoms with Gasteiger partial charge >= 0.3 is 0 Å². The van der Waals surface area contributed by atoms with Crippen LogP contribution in [0.5, 0.6) is 0 Å². The molecule has 1 radical (unpaired) electrons. The molecule has 49 valence electrons. The molecule has 0 fully saturated rings. The fourth-order valence-corrected chi connectivity index (χ4v) is 1.01. The topological polar surface area (TPSA) is 48.2 Å². The summed E-state index contributed by atoms with van der Waals surface area (Å²) in [6.07, 6.45) is 4.98. The average Bonchev–Trinajstić information content (AvgIpc) is 2.15. The highest BCUT2D eigenvalue weighted by Crippen LogP contribution is 1.98. The molecule has 0 N–H and O–H groups in total. The SMILES string of the molecule is O=[SH](=O)CC1=CC=C[N]1. The van der Waals surface area contributed by atoms with Crippen LogP contribution in [0.4, 0.5) is 0 Å². The van der Waals surface area contributed by atoms with Crippen molar-refractivity contribution < 1.29 is 8.42 Å². The highest BCUT2D eigenvalue weighted by molar-refractivity contribution is 7.72. The van der Waals surface area contributed by atoms with Crippen molar-refractivity contribution in [1.82, 2.24) is 5.32 Å². The minimum Gasteiger partial charge on any atom is -0.260 e. The second-order valence-electron chi connectivity index (χ2n) is 1.62. The lowest BCUT2D eigenvalue weighted by molar-refractivity contribution is 0.615. The Hall–Kier alpha value is -0.770. The zero-order valence-electron chi connectivity index (χ0n) is 4.65. The monoisotopic (exact) mass is 144 g/mol. The summed E-state index contributed by atoms with van der Waals surface area (Å²) in [5, 5.41) is 3.77. The Morgan fingerprint density at radius 1 is 1.56 bits per heavy atom. The maximum Gasteiger partial charge on any atom is 0.145 e. The summed E-state index contributed by atoms with van der Waals surface area (Å²) >= 11 is 0. The van der Waals surface area contributed by atoms with Gasteiger partial charge in [-0.2, -0.15) is 0 Å². The van der Waals surface area contributed by atoms with E-state index in [4.69, 9.17) is 0 Å². The molecule has 1 heterocycles. The molecule has 0 atom stereocenters. The van der Waals surface area contributed by atoms with Gasteiger partial charge in [0.1, 0.15) is 10.7 Å². The lowest BCUT2D eigenvalue weighted by Gasteiger charge is -1.89. The van der Waals surface area contributed by atoms with Crippen LogP contribution in [0.1, 0.15) is 0 Å². The van der Waals surface area contributed by atoms with E-state index < -0.39 is 10.7 Å². The minimum atomic E-state index is -2.31. The predicted molar refractivity (Wildman–Crippen MR) is 34.5 cm³/mol. The molecule has 1 aliphatic heterocycles. The fraction of sp³-hybridized carbons (Fsp3) is 0.200. The molecule has 9 heavy (non-hydrogen) atoms. The van der Waals surface area contributed by atoms with Crippen molar-refractivity contribution in [3.05, 3.63) is 24.0 Å². The van der Waals surface area contributed by atoms with Crippen molar-refractivity contribution in [3.63, 3.8) is 0 Å². The van der Waals surface area contributed by atoms with Crippen LogP contribution in [0.2, 0.25) is 0 Å². The van der Waals surface area contributed by atoms with Gasteiger partial charge in [-0.3, -0.25) is 5.32 Å². The maximum atomic E-state index is 10.1. The lowest BCUT2D eigenvalue weighted by Crippen LogP contribution is -1.99. The lowest BCUT2D eigenvalue weighted by atomic mass is 10.5. The zero-order chi connectivity index (χ0) is 6.69. The Labute approximate surface area is 55.0 Å². The van der Waals surface area contributed by atoms with Gasteiger partial charge in [0, 0.05) is 6.20 Å². The van der Waals surface area contributed by atoms with Gasteiger partial charge in [-0.1, -0.05) is 0 Å². The van der Waals surface area contributed by atoms with E-state index in [0.717, 1.165) is 0 Å². The maximum absolute atomic E-state index is 10.1. The van der Waals surface area contributed by atoms with E-state index in [9.17, 15) is 8.42 Å². The average molecular weight is 144 g/mol. The Morgan fingerprint density at radius 3 is 2.78 bits per heavy atom. The van der Waals surface area contributed by atoms with Crippen LogP contribution in [0.3, 0.4) is 0 Å². The molecule has 0 aromatic rings. The van der Waals surface area contributed by atoms with E-state index in [1.807, 2.05) is 0 Å². The van der Waals surface area contributed by atoms with E-state index in [0.29, 0.717) is 5.70 Å². The second-order valence-corrected chi connectivity index (χ2v) is 2.60. The molecule has 4 heteroatoms. The van der Waals surface area contributed by atoms with Crippen molar-refractivity contribution in [2.75, 3.05) is 5.75 Å². The number of allylic oxidation sites excluding steroid dienone is 2. The quantitative estimate of drug-likeness (QED) is 0.537. The van der Waals surface area contributed by atoms with Crippen molar-refractivity contribution in [3.8, 4) is 0 Å². The Bertz CT molecular complexity index is 219. The summed E-state index contributed by atoms with van der Waals surface area (Å²) in [6.45, 7) is 0. The van der Waals surface area contributed by atoms with Gasteiger partial charge < -0.3 is 0 Å². The first-order valence-corrected chi connectivity index (χ1v) is 3.83. The molecule has 0 saturated heterocycles. The van der Waals surface area contributed by atoms with Crippen molar-refractivity contribution in [2.45, 2.75) is 0 Å². The van der Waals surface area contributed by atoms with Crippen LogP contribution in [-0.2, 0) is 10.7 Å². The summed E-state index contributed by atoms with van der Waals surface area (Å²) in [5.41, 5.74) is 0.617. The van der Waals surface area contributed by atoms with Gasteiger partial charge in [0.05, 0.1) is 11.4 Å². The Balaban J connectivity index is 2.48. The smallest absolute Gasteiger partial charge is 0.145 e. The second kappa shape index (κ2) is 2.68. The summed E-state index contributed by atoms with van der Waals surface area (Å²) in [6, 6.07) is 0. The first kappa shape index (κ1) is 6.35. The van der Waals surface area contributed by atoms with E-state index >= 15 is 0 Å². The minimum absolute atomic E-state index is 0.0579. The molecule has 0 aromatic heterocycles. The van der Waals surface area contributed by atoms with Crippen LogP contribution >= 0.6 is 0 Å². The van der Waals surface area contributed by atoms with Gasteiger partial charge in [0.2, 0.25) is 0 Å². The van der Waals surface area contributed by atoms with Crippen molar-refractivity contribution >= 4 is 10.7 Å². The van der Waals surface area contributed by atoms with Gasteiger partial charge in [0.15, 0.2) is 0 Å². The largest absolute Gasteiger partial charge is 0.260 e. The molecule has 0 amide bonds. The van der Waals surface area contributed by atoms with Gasteiger partial charge in [-0.05, 0) is 12.2 Å². The molecule has 0 spiro atoms. The van der Waals surface area contributed by atoms with E-state index in [-0.39, 0.29) is 5.75 Å². The molecule has 0 aliphatic carbocycles. The van der Waals surface area contributed by atoms with Gasteiger partial charge in [-0.25, -0.2) is 8.42 Å². The molecule has 0 bridgehead atoms. The molecule has 1 aliphatic rings. The molecule has 0 unspecified atom stereocenters. The standard InChI is InChI=1S/C5H6NO2S/c7-9(8)4-5-2-1-3-6-5/h1-3,9H,4H2. The summed E-state index contributed by atoms with van der Waals surface area (Å²) in [5.74, 6) is 0.0579. The molecule has 3 nitrogen and oxygen atoms in total. The fourth-order valence-electron chi connectivity index (χ4n) is 0.562. The molecule has 0 aromatic carbocycles. The Kier molecular flexibility index (Phi) is 1.89. The van der Waals surface area contributed by atoms with Crippen LogP contribution in [0, 0.1) is 0 Å². The van der Waals surface area contributed by atoms with Crippen LogP contribution < -0.4 is 5.32 Å². The first-order chi connectivity index (χ1) is 4.29. The van der Waals surface area contributed by atoms with E-state index in [1.165, 1.54) is 0 Å². The third kappa shape index (κ3) is 1.89. The highest BCUT2D eigenvalue weighted by atomic mass is 32.2.